The van der Waals surface area contributed by atoms with Gasteiger partial charge in [-0.3, -0.25) is 0 Å². The van der Waals surface area contributed by atoms with Gasteiger partial charge < -0.3 is 15.2 Å². The lowest BCUT2D eigenvalue weighted by Crippen LogP contribution is -2.33. The Hall–Kier alpha value is -0.120. The summed E-state index contributed by atoms with van der Waals surface area (Å²) in [6.45, 7) is 6.23. The second-order valence-electron chi connectivity index (χ2n) is 5.16. The van der Waals surface area contributed by atoms with E-state index in [2.05, 4.69) is 12.2 Å². The number of aliphatic hydroxyl groups is 1. The molecular formula is C14H29NO2. The van der Waals surface area contributed by atoms with Gasteiger partial charge in [0.2, 0.25) is 0 Å². The molecule has 0 heterocycles. The summed E-state index contributed by atoms with van der Waals surface area (Å²) in [7, 11) is 0. The average molecular weight is 243 g/mol. The quantitative estimate of drug-likeness (QED) is 0.610. The molecule has 0 amide bonds. The molecule has 0 spiro atoms. The Morgan fingerprint density at radius 2 is 1.94 bits per heavy atom. The second kappa shape index (κ2) is 9.86. The van der Waals surface area contributed by atoms with Crippen LogP contribution >= 0.6 is 0 Å². The lowest BCUT2D eigenvalue weighted by atomic mass is 9.80. The molecule has 0 aromatic heterocycles. The highest BCUT2D eigenvalue weighted by molar-refractivity contribution is 4.76. The van der Waals surface area contributed by atoms with Crippen LogP contribution in [0.3, 0.4) is 0 Å². The first kappa shape index (κ1) is 14.9. The molecule has 1 aliphatic rings. The summed E-state index contributed by atoms with van der Waals surface area (Å²) in [6.07, 6.45) is 7.46. The van der Waals surface area contributed by atoms with Crippen molar-refractivity contribution in [1.29, 1.82) is 0 Å². The lowest BCUT2D eigenvalue weighted by molar-refractivity contribution is 0.118. The average Bonchev–Trinajstić information content (AvgIpc) is 2.38. The Bertz CT molecular complexity index is 176. The van der Waals surface area contributed by atoms with Gasteiger partial charge in [0.15, 0.2) is 0 Å². The minimum atomic E-state index is 0.360. The molecule has 102 valence electrons. The molecule has 0 aromatic rings. The third-order valence-corrected chi connectivity index (χ3v) is 3.77. The van der Waals surface area contributed by atoms with Crippen LogP contribution in [-0.2, 0) is 4.74 Å². The van der Waals surface area contributed by atoms with Gasteiger partial charge in [-0.05, 0) is 37.6 Å². The number of aliphatic hydroxyl groups excluding tert-OH is 1. The molecule has 1 saturated carbocycles. The normalized spacial score (nSPS) is 25.1. The molecule has 0 aromatic carbocycles. The van der Waals surface area contributed by atoms with Crippen LogP contribution in [-0.4, -0.2) is 38.0 Å². The van der Waals surface area contributed by atoms with Gasteiger partial charge in [-0.2, -0.15) is 0 Å². The van der Waals surface area contributed by atoms with E-state index >= 15 is 0 Å². The van der Waals surface area contributed by atoms with E-state index in [-0.39, 0.29) is 0 Å². The number of nitrogens with one attached hydrogen (secondary N) is 1. The van der Waals surface area contributed by atoms with Crippen LogP contribution in [0.2, 0.25) is 0 Å². The smallest absolute Gasteiger partial charge is 0.0590 e. The van der Waals surface area contributed by atoms with Crippen molar-refractivity contribution in [2.75, 3.05) is 32.9 Å². The van der Waals surface area contributed by atoms with E-state index in [1.165, 1.54) is 32.1 Å². The van der Waals surface area contributed by atoms with E-state index in [4.69, 9.17) is 4.74 Å². The molecule has 2 N–H and O–H groups in total. The van der Waals surface area contributed by atoms with E-state index < -0.39 is 0 Å². The summed E-state index contributed by atoms with van der Waals surface area (Å²) in [4.78, 5) is 0. The van der Waals surface area contributed by atoms with Gasteiger partial charge in [-0.1, -0.05) is 26.2 Å². The second-order valence-corrected chi connectivity index (χ2v) is 5.16. The van der Waals surface area contributed by atoms with Gasteiger partial charge in [0.25, 0.3) is 0 Å². The van der Waals surface area contributed by atoms with Crippen LogP contribution in [0.15, 0.2) is 0 Å². The fraction of sp³-hybridized carbons (Fsp3) is 1.00. The van der Waals surface area contributed by atoms with Crippen LogP contribution in [0.5, 0.6) is 0 Å². The lowest BCUT2D eigenvalue weighted by Gasteiger charge is -2.30. The van der Waals surface area contributed by atoms with E-state index in [1.807, 2.05) is 0 Å². The van der Waals surface area contributed by atoms with Crippen molar-refractivity contribution in [3.63, 3.8) is 0 Å². The highest BCUT2D eigenvalue weighted by Crippen LogP contribution is 2.28. The molecule has 1 fully saturated rings. The Labute approximate surface area is 106 Å². The van der Waals surface area contributed by atoms with Crippen molar-refractivity contribution < 1.29 is 9.84 Å². The Morgan fingerprint density at radius 1 is 1.18 bits per heavy atom. The van der Waals surface area contributed by atoms with E-state index in [1.54, 1.807) is 0 Å². The van der Waals surface area contributed by atoms with Gasteiger partial charge in [-0.15, -0.1) is 0 Å². The number of hydrogen-bond acceptors (Lipinski definition) is 3. The highest BCUT2D eigenvalue weighted by Gasteiger charge is 2.23. The molecule has 0 radical (unpaired) electrons. The molecule has 2 atom stereocenters. The summed E-state index contributed by atoms with van der Waals surface area (Å²) in [5.41, 5.74) is 0. The van der Waals surface area contributed by atoms with Crippen molar-refractivity contribution in [2.24, 2.45) is 11.8 Å². The van der Waals surface area contributed by atoms with Crippen LogP contribution in [0, 0.1) is 11.8 Å². The summed E-state index contributed by atoms with van der Waals surface area (Å²) in [5, 5.41) is 12.8. The third-order valence-electron chi connectivity index (χ3n) is 3.77. The minimum Gasteiger partial charge on any atom is -0.396 e. The summed E-state index contributed by atoms with van der Waals surface area (Å²) < 4.78 is 5.50. The largest absolute Gasteiger partial charge is 0.396 e. The fourth-order valence-electron chi connectivity index (χ4n) is 2.57. The standard InChI is InChI=1S/C14H29NO2/c1-2-3-9-17-10-8-15-11-13-6-4-5-7-14(13)12-16/h13-16H,2-12H2,1H3. The molecule has 0 saturated heterocycles. The predicted octanol–water partition coefficient (Wildman–Crippen LogP) is 2.19. The van der Waals surface area contributed by atoms with Gasteiger partial charge in [0.1, 0.15) is 0 Å². The number of rotatable bonds is 9. The van der Waals surface area contributed by atoms with E-state index in [9.17, 15) is 5.11 Å². The SMILES string of the molecule is CCCCOCCNCC1CCCCC1CO. The molecule has 1 aliphatic carbocycles. The first-order valence-corrected chi connectivity index (χ1v) is 7.27. The topological polar surface area (TPSA) is 41.5 Å². The zero-order chi connectivity index (χ0) is 12.3. The molecule has 2 unspecified atom stereocenters. The number of hydrogen-bond donors (Lipinski definition) is 2. The monoisotopic (exact) mass is 243 g/mol. The van der Waals surface area contributed by atoms with Gasteiger partial charge in [0.05, 0.1) is 6.61 Å². The third kappa shape index (κ3) is 6.39. The zero-order valence-corrected chi connectivity index (χ0v) is 11.3. The predicted molar refractivity (Wildman–Crippen MR) is 71.1 cm³/mol. The molecule has 1 rings (SSSR count). The minimum absolute atomic E-state index is 0.360. The molecule has 3 nitrogen and oxygen atoms in total. The fourth-order valence-corrected chi connectivity index (χ4v) is 2.57. The van der Waals surface area contributed by atoms with Crippen LogP contribution in [0.25, 0.3) is 0 Å². The Morgan fingerprint density at radius 3 is 2.65 bits per heavy atom. The maximum absolute atomic E-state index is 9.31. The van der Waals surface area contributed by atoms with Crippen molar-refractivity contribution in [2.45, 2.75) is 45.4 Å². The molecular weight excluding hydrogens is 214 g/mol. The van der Waals surface area contributed by atoms with Crippen molar-refractivity contribution in [3.8, 4) is 0 Å². The van der Waals surface area contributed by atoms with Crippen LogP contribution in [0.1, 0.15) is 45.4 Å². The molecule has 0 bridgehead atoms. The molecule has 3 heteroatoms. The Kier molecular flexibility index (Phi) is 8.67. The van der Waals surface area contributed by atoms with Gasteiger partial charge in [0, 0.05) is 19.8 Å². The van der Waals surface area contributed by atoms with E-state index in [0.29, 0.717) is 18.4 Å². The van der Waals surface area contributed by atoms with Gasteiger partial charge >= 0.3 is 0 Å². The summed E-state index contributed by atoms with van der Waals surface area (Å²) in [5.74, 6) is 1.20. The van der Waals surface area contributed by atoms with Crippen molar-refractivity contribution in [3.05, 3.63) is 0 Å². The van der Waals surface area contributed by atoms with Crippen molar-refractivity contribution >= 4 is 0 Å². The maximum atomic E-state index is 9.31. The van der Waals surface area contributed by atoms with Gasteiger partial charge in [-0.25, -0.2) is 0 Å². The van der Waals surface area contributed by atoms with Crippen LogP contribution in [0.4, 0.5) is 0 Å². The number of ether oxygens (including phenoxy) is 1. The maximum Gasteiger partial charge on any atom is 0.0590 e. The highest BCUT2D eigenvalue weighted by atomic mass is 16.5. The first-order chi connectivity index (χ1) is 8.38. The van der Waals surface area contributed by atoms with E-state index in [0.717, 1.165) is 32.7 Å². The molecule has 17 heavy (non-hydrogen) atoms. The molecule has 0 aliphatic heterocycles. The Balaban J connectivity index is 1.97. The zero-order valence-electron chi connectivity index (χ0n) is 11.3. The van der Waals surface area contributed by atoms with Crippen LogP contribution < -0.4 is 5.32 Å². The summed E-state index contributed by atoms with van der Waals surface area (Å²) >= 11 is 0. The van der Waals surface area contributed by atoms with Crippen molar-refractivity contribution in [1.82, 2.24) is 5.32 Å². The first-order valence-electron chi connectivity index (χ1n) is 7.27. The number of unbranched alkanes of at least 4 members (excludes halogenated alkanes) is 1. The summed E-state index contributed by atoms with van der Waals surface area (Å²) in [6, 6.07) is 0.